The van der Waals surface area contributed by atoms with Gasteiger partial charge in [-0.3, -0.25) is 14.0 Å². The number of ether oxygens (including phenoxy) is 1. The Hall–Kier alpha value is -3.10. The van der Waals surface area contributed by atoms with Crippen molar-refractivity contribution in [2.24, 2.45) is 0 Å². The van der Waals surface area contributed by atoms with Gasteiger partial charge in [-0.25, -0.2) is 4.98 Å². The SMILES string of the molecule is O=C(COC(=O)Cc1cn2ccsc2n1)Nc1ccccc1Sc1ccccc1. The number of para-hydroxylation sites is 1. The van der Waals surface area contributed by atoms with Crippen molar-refractivity contribution in [2.45, 2.75) is 16.2 Å². The van der Waals surface area contributed by atoms with E-state index >= 15 is 0 Å². The number of aromatic nitrogens is 2. The number of hydrogen-bond donors (Lipinski definition) is 1. The highest BCUT2D eigenvalue weighted by molar-refractivity contribution is 7.99. The molecule has 0 aliphatic rings. The van der Waals surface area contributed by atoms with Crippen molar-refractivity contribution in [3.8, 4) is 0 Å². The van der Waals surface area contributed by atoms with Crippen LogP contribution in [0.5, 0.6) is 0 Å². The summed E-state index contributed by atoms with van der Waals surface area (Å²) in [6.45, 7) is -0.342. The van der Waals surface area contributed by atoms with Crippen molar-refractivity contribution in [2.75, 3.05) is 11.9 Å². The predicted molar refractivity (Wildman–Crippen MR) is 113 cm³/mol. The van der Waals surface area contributed by atoms with Crippen LogP contribution >= 0.6 is 23.1 Å². The molecule has 0 fully saturated rings. The van der Waals surface area contributed by atoms with Gasteiger partial charge in [0, 0.05) is 27.6 Å². The van der Waals surface area contributed by atoms with E-state index in [1.165, 1.54) is 11.3 Å². The van der Waals surface area contributed by atoms with Crippen molar-refractivity contribution in [3.05, 3.63) is 78.1 Å². The first-order valence-electron chi connectivity index (χ1n) is 8.86. The van der Waals surface area contributed by atoms with Crippen molar-refractivity contribution in [3.63, 3.8) is 0 Å². The molecule has 2 aromatic heterocycles. The van der Waals surface area contributed by atoms with E-state index in [4.69, 9.17) is 4.74 Å². The van der Waals surface area contributed by atoms with Crippen molar-refractivity contribution < 1.29 is 14.3 Å². The molecular weight excluding hydrogens is 406 g/mol. The van der Waals surface area contributed by atoms with Crippen LogP contribution in [0.1, 0.15) is 5.69 Å². The fraction of sp³-hybridized carbons (Fsp3) is 0.0952. The van der Waals surface area contributed by atoms with Crippen LogP contribution in [0.4, 0.5) is 5.69 Å². The lowest BCUT2D eigenvalue weighted by Crippen LogP contribution is -2.22. The van der Waals surface area contributed by atoms with Crippen LogP contribution in [0.3, 0.4) is 0 Å². The fourth-order valence-electron chi connectivity index (χ4n) is 2.67. The monoisotopic (exact) mass is 423 g/mol. The van der Waals surface area contributed by atoms with E-state index in [2.05, 4.69) is 10.3 Å². The second-order valence-corrected chi connectivity index (χ2v) is 8.11. The topological polar surface area (TPSA) is 72.7 Å². The molecule has 4 rings (SSSR count). The Labute approximate surface area is 175 Å². The Kier molecular flexibility index (Phi) is 5.92. The average molecular weight is 424 g/mol. The van der Waals surface area contributed by atoms with E-state index < -0.39 is 5.97 Å². The van der Waals surface area contributed by atoms with Gasteiger partial charge in [-0.05, 0) is 24.3 Å². The van der Waals surface area contributed by atoms with Gasteiger partial charge < -0.3 is 10.1 Å². The summed E-state index contributed by atoms with van der Waals surface area (Å²) in [4.78, 5) is 31.4. The molecule has 1 amide bonds. The number of benzene rings is 2. The Morgan fingerprint density at radius 1 is 1.10 bits per heavy atom. The molecule has 0 bridgehead atoms. The average Bonchev–Trinajstić information content (AvgIpc) is 3.30. The maximum absolute atomic E-state index is 12.3. The summed E-state index contributed by atoms with van der Waals surface area (Å²) in [6.07, 6.45) is 3.69. The third-order valence-corrected chi connectivity index (χ3v) is 5.82. The van der Waals surface area contributed by atoms with Crippen molar-refractivity contribution in [1.29, 1.82) is 0 Å². The zero-order valence-electron chi connectivity index (χ0n) is 15.3. The zero-order chi connectivity index (χ0) is 20.1. The third kappa shape index (κ3) is 5.04. The molecule has 146 valence electrons. The lowest BCUT2D eigenvalue weighted by Gasteiger charge is -2.11. The number of esters is 1. The number of nitrogens with zero attached hydrogens (tertiary/aromatic N) is 2. The molecule has 2 heterocycles. The normalized spacial score (nSPS) is 10.8. The van der Waals surface area contributed by atoms with Gasteiger partial charge in [0.05, 0.1) is 17.8 Å². The lowest BCUT2D eigenvalue weighted by molar-refractivity contribution is -0.146. The predicted octanol–water partition coefficient (Wildman–Crippen LogP) is 4.27. The number of hydrogen-bond acceptors (Lipinski definition) is 6. The van der Waals surface area contributed by atoms with E-state index in [1.54, 1.807) is 18.0 Å². The molecule has 0 saturated carbocycles. The van der Waals surface area contributed by atoms with E-state index in [0.717, 1.165) is 14.8 Å². The molecule has 0 unspecified atom stereocenters. The standard InChI is InChI=1S/C21H17N3O3S2/c25-19(14-27-20(26)12-15-13-24-10-11-28-21(24)22-15)23-17-8-4-5-9-18(17)29-16-6-2-1-3-7-16/h1-11,13H,12,14H2,(H,23,25). The third-order valence-electron chi connectivity index (χ3n) is 3.97. The maximum atomic E-state index is 12.3. The van der Waals surface area contributed by atoms with Gasteiger partial charge in [0.25, 0.3) is 5.91 Å². The molecule has 0 saturated heterocycles. The largest absolute Gasteiger partial charge is 0.455 e. The number of carbonyl (C=O) groups is 2. The van der Waals surface area contributed by atoms with Gasteiger partial charge in [-0.15, -0.1) is 11.3 Å². The molecule has 0 radical (unpaired) electrons. The van der Waals surface area contributed by atoms with Gasteiger partial charge in [0.1, 0.15) is 0 Å². The minimum Gasteiger partial charge on any atom is -0.455 e. The van der Waals surface area contributed by atoms with Crippen LogP contribution in [0.25, 0.3) is 4.96 Å². The first kappa shape index (κ1) is 19.2. The highest BCUT2D eigenvalue weighted by atomic mass is 32.2. The summed E-state index contributed by atoms with van der Waals surface area (Å²) in [5, 5.41) is 4.73. The van der Waals surface area contributed by atoms with Gasteiger partial charge >= 0.3 is 5.97 Å². The number of anilines is 1. The quantitative estimate of drug-likeness (QED) is 0.450. The Balaban J connectivity index is 1.31. The molecule has 0 spiro atoms. The molecule has 1 N–H and O–H groups in total. The Bertz CT molecular complexity index is 1110. The minimum atomic E-state index is -0.488. The Morgan fingerprint density at radius 3 is 2.72 bits per heavy atom. The second-order valence-electron chi connectivity index (χ2n) is 6.12. The van der Waals surface area contributed by atoms with E-state index in [-0.39, 0.29) is 18.9 Å². The molecule has 2 aromatic carbocycles. The maximum Gasteiger partial charge on any atom is 0.312 e. The van der Waals surface area contributed by atoms with E-state index in [0.29, 0.717) is 11.4 Å². The molecular formula is C21H17N3O3S2. The van der Waals surface area contributed by atoms with Crippen LogP contribution in [0.15, 0.2) is 82.2 Å². The minimum absolute atomic E-state index is 0.0299. The van der Waals surface area contributed by atoms with Crippen molar-refractivity contribution in [1.82, 2.24) is 9.38 Å². The van der Waals surface area contributed by atoms with Gasteiger partial charge in [0.2, 0.25) is 0 Å². The summed E-state index contributed by atoms with van der Waals surface area (Å²) in [7, 11) is 0. The van der Waals surface area contributed by atoms with Gasteiger partial charge in [-0.1, -0.05) is 42.1 Å². The van der Waals surface area contributed by atoms with Crippen LogP contribution in [-0.4, -0.2) is 27.9 Å². The summed E-state index contributed by atoms with van der Waals surface area (Å²) < 4.78 is 6.96. The first-order valence-corrected chi connectivity index (χ1v) is 10.6. The lowest BCUT2D eigenvalue weighted by atomic mass is 10.3. The van der Waals surface area contributed by atoms with E-state index in [1.807, 2.05) is 70.6 Å². The number of imidazole rings is 1. The highest BCUT2D eigenvalue weighted by Gasteiger charge is 2.13. The number of carbonyl (C=O) groups excluding carboxylic acids is 2. The molecule has 0 atom stereocenters. The second kappa shape index (κ2) is 8.93. The number of thiazole rings is 1. The molecule has 0 aliphatic heterocycles. The van der Waals surface area contributed by atoms with Gasteiger partial charge in [-0.2, -0.15) is 0 Å². The molecule has 29 heavy (non-hydrogen) atoms. The van der Waals surface area contributed by atoms with Crippen LogP contribution in [0.2, 0.25) is 0 Å². The summed E-state index contributed by atoms with van der Waals surface area (Å²) >= 11 is 3.04. The van der Waals surface area contributed by atoms with Gasteiger partial charge in [0.15, 0.2) is 11.6 Å². The van der Waals surface area contributed by atoms with E-state index in [9.17, 15) is 9.59 Å². The number of fused-ring (bicyclic) bond motifs is 1. The molecule has 6 nitrogen and oxygen atoms in total. The van der Waals surface area contributed by atoms with Crippen LogP contribution in [0, 0.1) is 0 Å². The zero-order valence-corrected chi connectivity index (χ0v) is 16.9. The number of rotatable bonds is 7. The number of amides is 1. The first-order chi connectivity index (χ1) is 14.2. The highest BCUT2D eigenvalue weighted by Crippen LogP contribution is 2.33. The molecule has 4 aromatic rings. The smallest absolute Gasteiger partial charge is 0.312 e. The molecule has 0 aliphatic carbocycles. The summed E-state index contributed by atoms with van der Waals surface area (Å²) in [5.41, 5.74) is 1.30. The van der Waals surface area contributed by atoms with Crippen LogP contribution < -0.4 is 5.32 Å². The summed E-state index contributed by atoms with van der Waals surface area (Å²) in [6, 6.07) is 17.4. The Morgan fingerprint density at radius 2 is 1.90 bits per heavy atom. The fourth-order valence-corrected chi connectivity index (χ4v) is 4.31. The van der Waals surface area contributed by atoms with Crippen molar-refractivity contribution >= 4 is 45.6 Å². The van der Waals surface area contributed by atoms with Crippen LogP contribution in [-0.2, 0) is 20.7 Å². The molecule has 8 heteroatoms. The number of nitrogens with one attached hydrogen (secondary N) is 1. The summed E-state index contributed by atoms with van der Waals surface area (Å²) in [5.74, 6) is -0.872.